The molecule has 0 unspecified atom stereocenters. The Morgan fingerprint density at radius 2 is 0.980 bits per heavy atom. The molecule has 0 saturated heterocycles. The molecule has 2 aromatic carbocycles. The van der Waals surface area contributed by atoms with Crippen LogP contribution in [-0.4, -0.2) is 387 Å². The highest BCUT2D eigenvalue weighted by molar-refractivity contribution is 8.76. The lowest BCUT2D eigenvalue weighted by molar-refractivity contribution is -0.142. The summed E-state index contributed by atoms with van der Waals surface area (Å²) in [6.07, 6.45) is -36.6. The van der Waals surface area contributed by atoms with Gasteiger partial charge in [0.05, 0.1) is 81.6 Å². The lowest BCUT2D eigenvalue weighted by atomic mass is 9.89. The number of carbonyl (C=O) groups excluding carboxylic acids is 11. The van der Waals surface area contributed by atoms with E-state index in [0.29, 0.717) is 28.5 Å². The number of ether oxygens (including phenoxy) is 2. The van der Waals surface area contributed by atoms with E-state index >= 15 is 9.59 Å². The number of Topliss-reactive ketones (excluding diaryl/α,β-unsaturated/α-hetero) is 3. The number of aliphatic hydroxyl groups excluding tert-OH is 15. The molecule has 31 N–H and O–H groups in total. The molecule has 0 aliphatic rings. The number of carboxylic acid groups (broad SMARTS) is 4. The second-order valence-corrected chi connectivity index (χ2v) is 38.6. The molecular formula is C92H132N18O37S2. The summed E-state index contributed by atoms with van der Waals surface area (Å²) in [6.45, 7) is 3.30. The number of hydrogen-bond donors (Lipinski definition) is 30. The minimum absolute atomic E-state index is 0.0000660. The molecule has 0 saturated carbocycles. The van der Waals surface area contributed by atoms with Gasteiger partial charge in [0.2, 0.25) is 41.4 Å². The maximum Gasteiger partial charge on any atom is 0.508 e. The van der Waals surface area contributed by atoms with Crippen molar-refractivity contribution in [3.8, 4) is 0 Å². The maximum absolute atomic E-state index is 15.1. The summed E-state index contributed by atoms with van der Waals surface area (Å²) in [6, 6.07) is 5.20. The van der Waals surface area contributed by atoms with Crippen molar-refractivity contribution in [2.45, 2.75) is 247 Å². The van der Waals surface area contributed by atoms with Crippen LogP contribution in [0.15, 0.2) is 65.8 Å². The molecule has 0 fully saturated rings. The topological polar surface area (TPSA) is 908 Å². The fourth-order valence-corrected chi connectivity index (χ4v) is 16.6. The number of imidazole rings is 1. The van der Waals surface area contributed by atoms with Crippen molar-refractivity contribution < 1.29 is 178 Å². The van der Waals surface area contributed by atoms with Crippen molar-refractivity contribution in [2.24, 2.45) is 29.6 Å². The standard InChI is InChI=1S/C92H132N18O37S2/c1-43(2)50(31-67-106-82(101-52-8-6-7-45(5)27-52)73-83(107-67)110(42-99-73)44(3)4)40-147-92(145)146-25-26-148-149-41-58(90(143)144)105-87(139)49(13-22-70(125)97-36-63(119)77(132)80(135)66(122)39-113)30-60(116)56(19-24-72(128)129)103-86(138)48(12-21-69(124)96-35-62(118)76(131)79(134)65(121)38-112)29-59(115)55(18-23-71(126)127)102-85(137)47(11-20-68(123)95-34-61(117)75(130)78(133)64(120)37-111)28-54(114)16-17-57(89(141)142)104-84(136)46-9-14-51(15-10-46)94-32-53-33-98-81-74(100-53)88(140)109-91(93)108-81/h6-10,14-15,27,33,42-44,47-50,55-58,61-66,75-80,94,111-113,117-122,130-135H,11-13,16-26,28-32,34-41H2,1-5H3,(H,95,123)(H,96,124)(H,97,125)(H,102,137)(H,103,138)(H,104,136)(H,105,139)(H,126,127)(H,128,129)(H,141,142)(H,143,144)(H,101,106,107)(H3,93,98,108,109,140)/t47-,48-,49-,50+,55+,56+,57+,58+,61+,62+,63+,64-,65-,66-,75-,76-,77-,78-,79-,80-/m1/s1. The Balaban J connectivity index is 1.24. The van der Waals surface area contributed by atoms with E-state index in [0.717, 1.165) is 32.8 Å². The highest BCUT2D eigenvalue weighted by Gasteiger charge is 2.40. The van der Waals surface area contributed by atoms with Gasteiger partial charge in [-0.15, -0.1) is 0 Å². The van der Waals surface area contributed by atoms with E-state index in [2.05, 4.69) is 72.8 Å². The number of aromatic amines is 1. The van der Waals surface area contributed by atoms with Crippen LogP contribution in [0.2, 0.25) is 0 Å². The first kappa shape index (κ1) is 125. The summed E-state index contributed by atoms with van der Waals surface area (Å²) in [7, 11) is 1.81. The first-order valence-electron chi connectivity index (χ1n) is 47.4. The van der Waals surface area contributed by atoms with E-state index in [1.165, 1.54) is 30.5 Å². The number of aliphatic carboxylic acids is 4. The molecule has 0 aliphatic carbocycles. The number of carbonyl (C=O) groups is 15. The Morgan fingerprint density at radius 3 is 1.44 bits per heavy atom. The van der Waals surface area contributed by atoms with Crippen LogP contribution < -0.4 is 59.1 Å². The number of aliphatic hydroxyl groups is 15. The largest absolute Gasteiger partial charge is 0.508 e. The number of amides is 7. The number of hydrogen-bond acceptors (Lipinski definition) is 44. The normalized spacial score (nSPS) is 15.6. The van der Waals surface area contributed by atoms with Crippen LogP contribution in [-0.2, 0) is 84.8 Å². The molecule has 20 atom stereocenters. The first-order valence-corrected chi connectivity index (χ1v) is 49.9. The summed E-state index contributed by atoms with van der Waals surface area (Å²) in [5.41, 5.74) is 8.27. The molecule has 0 aliphatic heterocycles. The van der Waals surface area contributed by atoms with Gasteiger partial charge in [0.25, 0.3) is 11.5 Å². The Kier molecular flexibility index (Phi) is 52.4. The number of H-pyrrole nitrogens is 1. The highest BCUT2D eigenvalue weighted by Crippen LogP contribution is 2.30. The SMILES string of the molecule is Cc1cccc(Nc2nc(C[C@@H](COC(=O)OCCSSC[C@H](NC(=O)[C@H](CCC(=O)NC[C@H](O)[C@@H](O)[C@H](O)[C@H](O)CO)CC(=O)[C@H](CCC(=O)O)NC(=O)[C@H](CCC(=O)NC[C@H](O)[C@@H](O)[C@H](O)[C@H](O)CO)CC(=O)[C@H](CCC(=O)O)NC(=O)[C@H](CCC(=O)NC[C@H](O)[C@@H](O)[C@H](O)[C@H](O)CO)CC(=O)CC[C@H](NC(=O)c3ccc(NCc4cnc5nc(N)[nH]c(=O)c5n4)cc3)C(=O)O)C(=O)O)C(C)C)nc3c2ncn3C(C)C)c1. The predicted octanol–water partition coefficient (Wildman–Crippen LogP) is -5.32. The van der Waals surface area contributed by atoms with Crippen LogP contribution in [0, 0.1) is 36.5 Å². The zero-order valence-corrected chi connectivity index (χ0v) is 83.6. The van der Waals surface area contributed by atoms with Gasteiger partial charge in [-0.25, -0.2) is 39.3 Å². The van der Waals surface area contributed by atoms with Gasteiger partial charge in [-0.1, -0.05) is 47.6 Å². The molecule has 0 radical (unpaired) electrons. The third-order valence-electron chi connectivity index (χ3n) is 23.7. The van der Waals surface area contributed by atoms with E-state index in [1.54, 1.807) is 6.33 Å². The molecule has 0 bridgehead atoms. The molecular weight excluding hydrogens is 2010 g/mol. The molecule has 0 spiro atoms. The number of nitrogens with one attached hydrogen (secondary N) is 10. The minimum Gasteiger partial charge on any atom is -0.481 e. The van der Waals surface area contributed by atoms with Crippen LogP contribution in [0.5, 0.6) is 0 Å². The number of aryl methyl sites for hydroxylation is 1. The molecule has 7 amide bonds. The predicted molar refractivity (Wildman–Crippen MR) is 525 cm³/mol. The lowest BCUT2D eigenvalue weighted by Gasteiger charge is -2.26. The number of fused-ring (bicyclic) bond motifs is 2. The van der Waals surface area contributed by atoms with Crippen molar-refractivity contribution >= 4 is 156 Å². The second-order valence-electron chi connectivity index (χ2n) is 35.9. The molecule has 4 aromatic heterocycles. The lowest BCUT2D eigenvalue weighted by Crippen LogP contribution is -2.50. The van der Waals surface area contributed by atoms with Gasteiger partial charge in [-0.05, 0) is 107 Å². The number of carboxylic acids is 4. The summed E-state index contributed by atoms with van der Waals surface area (Å²) >= 11 is 0. The Labute approximate surface area is 858 Å². The van der Waals surface area contributed by atoms with E-state index < -0.39 is 351 Å². The minimum atomic E-state index is -2.25. The third kappa shape index (κ3) is 41.9. The van der Waals surface area contributed by atoms with Crippen LogP contribution in [0.3, 0.4) is 0 Å². The van der Waals surface area contributed by atoms with Gasteiger partial charge in [-0.3, -0.25) is 67.3 Å². The fourth-order valence-electron chi connectivity index (χ4n) is 14.7. The van der Waals surface area contributed by atoms with E-state index in [1.807, 2.05) is 63.5 Å². The highest BCUT2D eigenvalue weighted by atomic mass is 33.1. The van der Waals surface area contributed by atoms with Gasteiger partial charge in [0.15, 0.2) is 39.7 Å². The third-order valence-corrected chi connectivity index (χ3v) is 26.1. The van der Waals surface area contributed by atoms with Gasteiger partial charge in [0, 0.05) is 142 Å². The van der Waals surface area contributed by atoms with Crippen molar-refractivity contribution in [2.75, 3.05) is 80.5 Å². The number of nitrogen functional groups attached to an aromatic ring is 1. The van der Waals surface area contributed by atoms with Crippen LogP contribution in [0.4, 0.5) is 27.9 Å². The second kappa shape index (κ2) is 62.6. The fraction of sp³-hybridized carbons (Fsp3) is 0.587. The summed E-state index contributed by atoms with van der Waals surface area (Å²) in [5, 5.41) is 214. The Hall–Kier alpha value is -12.8. The number of nitrogens with two attached hydrogens (primary N) is 1. The molecule has 149 heavy (non-hydrogen) atoms. The first-order chi connectivity index (χ1) is 70.4. The van der Waals surface area contributed by atoms with Crippen LogP contribution in [0.1, 0.15) is 157 Å². The number of nitrogens with zero attached hydrogens (tertiary/aromatic N) is 7. The Bertz CT molecular complexity index is 5540. The zero-order valence-electron chi connectivity index (χ0n) is 81.9. The Morgan fingerprint density at radius 1 is 0.503 bits per heavy atom. The maximum atomic E-state index is 15.1. The number of anilines is 4. The molecule has 55 nitrogen and oxygen atoms in total. The van der Waals surface area contributed by atoms with E-state index in [9.17, 15) is 164 Å². The van der Waals surface area contributed by atoms with Crippen LogP contribution in [0.25, 0.3) is 22.3 Å². The average Bonchev–Trinajstić information content (AvgIpc) is 1.52. The summed E-state index contributed by atoms with van der Waals surface area (Å²) < 4.78 is 12.8. The van der Waals surface area contributed by atoms with Crippen molar-refractivity contribution in [3.05, 3.63) is 94.1 Å². The molecule has 6 aromatic rings. The van der Waals surface area contributed by atoms with Gasteiger partial charge >= 0.3 is 30.0 Å². The molecule has 6 rings (SSSR count). The summed E-state index contributed by atoms with van der Waals surface area (Å²) in [4.78, 5) is 248. The monoisotopic (exact) mass is 2140 g/mol. The van der Waals surface area contributed by atoms with Crippen molar-refractivity contribution in [1.29, 1.82) is 0 Å². The van der Waals surface area contributed by atoms with Gasteiger partial charge in [0.1, 0.15) is 85.2 Å². The van der Waals surface area contributed by atoms with E-state index in [-0.39, 0.29) is 78.2 Å². The smallest absolute Gasteiger partial charge is 0.481 e. The number of benzene rings is 2. The number of ketones is 3. The van der Waals surface area contributed by atoms with E-state index in [4.69, 9.17) is 25.2 Å². The summed E-state index contributed by atoms with van der Waals surface area (Å²) in [5.74, 6) is -24.3. The molecule has 4 heterocycles. The average molecular weight is 2150 g/mol. The van der Waals surface area contributed by atoms with Gasteiger partial charge in [-0.2, -0.15) is 4.98 Å². The number of rotatable bonds is 71. The molecule has 57 heteroatoms. The van der Waals surface area contributed by atoms with Crippen molar-refractivity contribution in [1.82, 2.24) is 76.7 Å². The van der Waals surface area contributed by atoms with Crippen molar-refractivity contribution in [3.63, 3.8) is 0 Å². The zero-order chi connectivity index (χ0) is 111. The van der Waals surface area contributed by atoms with Gasteiger partial charge < -0.3 is 165 Å². The number of aromatic nitrogens is 8. The quantitative estimate of drug-likeness (QED) is 0.00963. The molecule has 824 valence electrons. The van der Waals surface area contributed by atoms with Crippen LogP contribution >= 0.6 is 21.6 Å².